The maximum atomic E-state index is 3.11. The molecular formula is C22H35. The van der Waals surface area contributed by atoms with Crippen molar-refractivity contribution in [3.05, 3.63) is 42.0 Å². The maximum absolute atomic E-state index is 3.11. The second-order valence-corrected chi connectivity index (χ2v) is 6.42. The van der Waals surface area contributed by atoms with Gasteiger partial charge in [-0.25, -0.2) is 0 Å². The first-order valence-corrected chi connectivity index (χ1v) is 9.56. The first kappa shape index (κ1) is 19.0. The molecule has 0 saturated carbocycles. The molecule has 0 atom stereocenters. The number of unbranched alkanes of at least 4 members (excludes halogenated alkanes) is 12. The standard InChI is InChI=1S/C22H35/c1-2-3-4-5-6-7-8-9-10-11-12-13-14-16-19-22-20-17-15-18-21-22/h15-17,19-21H,2-14H2,1H3. The van der Waals surface area contributed by atoms with Gasteiger partial charge in [-0.05, 0) is 30.5 Å². The van der Waals surface area contributed by atoms with Gasteiger partial charge in [-0.3, -0.25) is 0 Å². The van der Waals surface area contributed by atoms with Crippen LogP contribution in [0, 0.1) is 6.07 Å². The van der Waals surface area contributed by atoms with Gasteiger partial charge < -0.3 is 0 Å². The van der Waals surface area contributed by atoms with Crippen molar-refractivity contribution < 1.29 is 0 Å². The highest BCUT2D eigenvalue weighted by molar-refractivity contribution is 5.48. The zero-order chi connectivity index (χ0) is 15.7. The van der Waals surface area contributed by atoms with Crippen molar-refractivity contribution in [2.24, 2.45) is 0 Å². The van der Waals surface area contributed by atoms with Crippen LogP contribution in [0.2, 0.25) is 0 Å². The SMILES string of the molecule is CCCCCCCCCCCCCCC=Cc1c[c]ccc1. The van der Waals surface area contributed by atoms with E-state index in [1.54, 1.807) is 0 Å². The van der Waals surface area contributed by atoms with E-state index in [-0.39, 0.29) is 0 Å². The van der Waals surface area contributed by atoms with E-state index in [1.807, 2.05) is 18.2 Å². The molecule has 22 heavy (non-hydrogen) atoms. The summed E-state index contributed by atoms with van der Waals surface area (Å²) in [7, 11) is 0. The van der Waals surface area contributed by atoms with Crippen molar-refractivity contribution >= 4 is 6.08 Å². The lowest BCUT2D eigenvalue weighted by atomic mass is 10.0. The molecule has 0 nitrogen and oxygen atoms in total. The van der Waals surface area contributed by atoms with Crippen LogP contribution in [-0.4, -0.2) is 0 Å². The van der Waals surface area contributed by atoms with Crippen molar-refractivity contribution in [2.45, 2.75) is 90.4 Å². The van der Waals surface area contributed by atoms with E-state index in [9.17, 15) is 0 Å². The molecule has 0 heteroatoms. The smallest absolute Gasteiger partial charge is 0.0178 e. The Morgan fingerprint density at radius 2 is 1.41 bits per heavy atom. The Bertz CT molecular complexity index is 350. The van der Waals surface area contributed by atoms with Gasteiger partial charge in [0, 0.05) is 0 Å². The highest BCUT2D eigenvalue weighted by atomic mass is 14.0. The fourth-order valence-corrected chi connectivity index (χ4v) is 2.83. The number of rotatable bonds is 14. The maximum Gasteiger partial charge on any atom is -0.0178 e. The molecule has 0 spiro atoms. The topological polar surface area (TPSA) is 0 Å². The van der Waals surface area contributed by atoms with Gasteiger partial charge in [0.05, 0.1) is 0 Å². The van der Waals surface area contributed by atoms with Crippen molar-refractivity contribution in [2.75, 3.05) is 0 Å². The summed E-state index contributed by atoms with van der Waals surface area (Å²) in [6.07, 6.45) is 22.8. The molecule has 1 rings (SSSR count). The molecule has 0 bridgehead atoms. The lowest BCUT2D eigenvalue weighted by molar-refractivity contribution is 0.545. The van der Waals surface area contributed by atoms with Crippen molar-refractivity contribution in [3.8, 4) is 0 Å². The molecule has 1 aromatic carbocycles. The van der Waals surface area contributed by atoms with E-state index in [2.05, 4.69) is 31.2 Å². The summed E-state index contributed by atoms with van der Waals surface area (Å²) in [4.78, 5) is 0. The van der Waals surface area contributed by atoms with Gasteiger partial charge in [0.25, 0.3) is 0 Å². The first-order valence-electron chi connectivity index (χ1n) is 9.56. The van der Waals surface area contributed by atoms with Crippen molar-refractivity contribution in [1.29, 1.82) is 0 Å². The third-order valence-corrected chi connectivity index (χ3v) is 4.27. The Labute approximate surface area is 139 Å². The van der Waals surface area contributed by atoms with Crippen LogP contribution in [0.5, 0.6) is 0 Å². The Morgan fingerprint density at radius 3 is 1.95 bits per heavy atom. The molecule has 0 saturated heterocycles. The van der Waals surface area contributed by atoms with E-state index >= 15 is 0 Å². The van der Waals surface area contributed by atoms with Crippen LogP contribution < -0.4 is 0 Å². The minimum absolute atomic E-state index is 1.21. The highest BCUT2D eigenvalue weighted by Gasteiger charge is 1.93. The Kier molecular flexibility index (Phi) is 12.9. The molecule has 0 unspecified atom stereocenters. The average Bonchev–Trinajstić information content (AvgIpc) is 2.56. The second-order valence-electron chi connectivity index (χ2n) is 6.42. The molecule has 0 amide bonds. The van der Waals surface area contributed by atoms with Crippen LogP contribution in [0.15, 0.2) is 30.3 Å². The fraction of sp³-hybridized carbons (Fsp3) is 0.636. The molecule has 0 aliphatic carbocycles. The molecule has 123 valence electrons. The summed E-state index contributed by atoms with van der Waals surface area (Å²) >= 11 is 0. The second kappa shape index (κ2) is 14.9. The van der Waals surface area contributed by atoms with Crippen LogP contribution in [0.25, 0.3) is 6.08 Å². The van der Waals surface area contributed by atoms with Crippen LogP contribution in [-0.2, 0) is 0 Å². The molecule has 0 aliphatic rings. The Balaban J connectivity index is 1.79. The number of allylic oxidation sites excluding steroid dienone is 1. The summed E-state index contributed by atoms with van der Waals surface area (Å²) in [6.45, 7) is 2.29. The van der Waals surface area contributed by atoms with E-state index in [1.165, 1.54) is 89.0 Å². The summed E-state index contributed by atoms with van der Waals surface area (Å²) in [5, 5.41) is 0. The number of hydrogen-bond acceptors (Lipinski definition) is 0. The molecule has 1 radical (unpaired) electrons. The normalized spacial score (nSPS) is 11.3. The third kappa shape index (κ3) is 11.6. The van der Waals surface area contributed by atoms with Crippen LogP contribution in [0.4, 0.5) is 0 Å². The van der Waals surface area contributed by atoms with Gasteiger partial charge in [-0.1, -0.05) is 108 Å². The van der Waals surface area contributed by atoms with E-state index in [0.29, 0.717) is 0 Å². The Morgan fingerprint density at radius 1 is 0.818 bits per heavy atom. The van der Waals surface area contributed by atoms with Gasteiger partial charge in [-0.2, -0.15) is 0 Å². The molecule has 0 heterocycles. The molecule has 0 N–H and O–H groups in total. The minimum Gasteiger partial charge on any atom is -0.0839 e. The number of benzene rings is 1. The lowest BCUT2D eigenvalue weighted by Crippen LogP contribution is -1.82. The Hall–Kier alpha value is -1.04. The molecule has 0 aliphatic heterocycles. The predicted octanol–water partition coefficient (Wildman–Crippen LogP) is 7.59. The van der Waals surface area contributed by atoms with Gasteiger partial charge in [0.2, 0.25) is 0 Å². The monoisotopic (exact) mass is 299 g/mol. The number of hydrogen-bond donors (Lipinski definition) is 0. The molecule has 0 aromatic heterocycles. The molecular weight excluding hydrogens is 264 g/mol. The van der Waals surface area contributed by atoms with Gasteiger partial charge >= 0.3 is 0 Å². The molecule has 0 fully saturated rings. The lowest BCUT2D eigenvalue weighted by Gasteiger charge is -2.02. The summed E-state index contributed by atoms with van der Waals surface area (Å²) < 4.78 is 0. The fourth-order valence-electron chi connectivity index (χ4n) is 2.83. The van der Waals surface area contributed by atoms with E-state index < -0.39 is 0 Å². The third-order valence-electron chi connectivity index (χ3n) is 4.27. The zero-order valence-corrected chi connectivity index (χ0v) is 14.7. The van der Waals surface area contributed by atoms with Gasteiger partial charge in [-0.15, -0.1) is 0 Å². The highest BCUT2D eigenvalue weighted by Crippen LogP contribution is 2.12. The zero-order valence-electron chi connectivity index (χ0n) is 14.7. The molecule has 1 aromatic rings. The predicted molar refractivity (Wildman–Crippen MR) is 100 cm³/mol. The van der Waals surface area contributed by atoms with Crippen LogP contribution in [0.1, 0.15) is 96.0 Å². The van der Waals surface area contributed by atoms with E-state index in [4.69, 9.17) is 0 Å². The van der Waals surface area contributed by atoms with Gasteiger partial charge in [0.1, 0.15) is 0 Å². The largest absolute Gasteiger partial charge is 0.0839 e. The summed E-state index contributed by atoms with van der Waals surface area (Å²) in [5.41, 5.74) is 1.27. The average molecular weight is 300 g/mol. The summed E-state index contributed by atoms with van der Waals surface area (Å²) in [5.74, 6) is 0. The van der Waals surface area contributed by atoms with Crippen molar-refractivity contribution in [1.82, 2.24) is 0 Å². The van der Waals surface area contributed by atoms with Gasteiger partial charge in [0.15, 0.2) is 0 Å². The van der Waals surface area contributed by atoms with E-state index in [0.717, 1.165) is 0 Å². The quantitative estimate of drug-likeness (QED) is 0.310. The first-order chi connectivity index (χ1) is 10.9. The van der Waals surface area contributed by atoms with Crippen LogP contribution in [0.3, 0.4) is 0 Å². The van der Waals surface area contributed by atoms with Crippen molar-refractivity contribution in [3.63, 3.8) is 0 Å². The van der Waals surface area contributed by atoms with Crippen LogP contribution >= 0.6 is 0 Å². The summed E-state index contributed by atoms with van der Waals surface area (Å²) in [6, 6.07) is 11.3. The minimum atomic E-state index is 1.21.